The molecule has 0 aromatic rings. The van der Waals surface area contributed by atoms with Crippen molar-refractivity contribution >= 4 is 5.91 Å². The van der Waals surface area contributed by atoms with Crippen molar-refractivity contribution < 1.29 is 4.79 Å². The third-order valence-electron chi connectivity index (χ3n) is 3.27. The van der Waals surface area contributed by atoms with Gasteiger partial charge in [-0.3, -0.25) is 4.79 Å². The van der Waals surface area contributed by atoms with Crippen LogP contribution < -0.4 is 10.6 Å². The monoisotopic (exact) mass is 198 g/mol. The van der Waals surface area contributed by atoms with E-state index in [0.29, 0.717) is 12.0 Å². The second-order valence-electron chi connectivity index (χ2n) is 4.23. The number of rotatable bonds is 5. The zero-order valence-corrected chi connectivity index (χ0v) is 9.47. The predicted octanol–water partition coefficient (Wildman–Crippen LogP) is 1.15. The Bertz CT molecular complexity index is 186. The van der Waals surface area contributed by atoms with Gasteiger partial charge in [-0.05, 0) is 31.8 Å². The highest BCUT2D eigenvalue weighted by Gasteiger charge is 2.29. The van der Waals surface area contributed by atoms with Gasteiger partial charge in [0, 0.05) is 12.0 Å². The minimum atomic E-state index is 0.164. The molecule has 1 aliphatic heterocycles. The molecule has 0 radical (unpaired) electrons. The zero-order chi connectivity index (χ0) is 10.6. The third-order valence-corrected chi connectivity index (χ3v) is 3.27. The quantitative estimate of drug-likeness (QED) is 0.695. The first-order chi connectivity index (χ1) is 6.69. The average molecular weight is 198 g/mol. The first kappa shape index (κ1) is 11.5. The summed E-state index contributed by atoms with van der Waals surface area (Å²) in [5.74, 6) is 0.936. The number of nitrogens with one attached hydrogen (secondary N) is 2. The summed E-state index contributed by atoms with van der Waals surface area (Å²) < 4.78 is 0. The zero-order valence-electron chi connectivity index (χ0n) is 9.47. The van der Waals surface area contributed by atoms with Gasteiger partial charge in [-0.2, -0.15) is 0 Å². The van der Waals surface area contributed by atoms with Crippen molar-refractivity contribution in [2.45, 2.75) is 39.7 Å². The summed E-state index contributed by atoms with van der Waals surface area (Å²) in [6.07, 6.45) is 2.05. The van der Waals surface area contributed by atoms with Gasteiger partial charge >= 0.3 is 0 Å². The van der Waals surface area contributed by atoms with E-state index in [0.717, 1.165) is 25.9 Å². The molecule has 0 spiro atoms. The molecule has 2 N–H and O–H groups in total. The van der Waals surface area contributed by atoms with Gasteiger partial charge in [0.15, 0.2) is 0 Å². The van der Waals surface area contributed by atoms with E-state index in [2.05, 4.69) is 24.5 Å². The van der Waals surface area contributed by atoms with E-state index in [1.807, 2.05) is 6.92 Å². The lowest BCUT2D eigenvalue weighted by molar-refractivity contribution is -0.127. The van der Waals surface area contributed by atoms with E-state index in [1.165, 1.54) is 0 Å². The normalized spacial score (nSPS) is 19.1. The van der Waals surface area contributed by atoms with E-state index < -0.39 is 0 Å². The molecular formula is C11H22N2O. The van der Waals surface area contributed by atoms with E-state index in [-0.39, 0.29) is 11.8 Å². The fourth-order valence-electron chi connectivity index (χ4n) is 1.70. The lowest BCUT2D eigenvalue weighted by atomic mass is 9.88. The second kappa shape index (κ2) is 5.35. The highest BCUT2D eigenvalue weighted by molar-refractivity contribution is 5.79. The summed E-state index contributed by atoms with van der Waals surface area (Å²) in [7, 11) is 0. The summed E-state index contributed by atoms with van der Waals surface area (Å²) in [6, 6.07) is 0.359. The summed E-state index contributed by atoms with van der Waals surface area (Å²) in [4.78, 5) is 11.8. The van der Waals surface area contributed by atoms with Crippen molar-refractivity contribution in [1.82, 2.24) is 10.6 Å². The Morgan fingerprint density at radius 3 is 2.36 bits per heavy atom. The first-order valence-corrected chi connectivity index (χ1v) is 5.70. The van der Waals surface area contributed by atoms with Crippen LogP contribution >= 0.6 is 0 Å². The number of carbonyl (C=O) groups excluding carboxylic acids is 1. The summed E-state index contributed by atoms with van der Waals surface area (Å²) in [6.45, 7) is 8.26. The van der Waals surface area contributed by atoms with Crippen molar-refractivity contribution in [3.05, 3.63) is 0 Å². The Labute approximate surface area is 86.6 Å². The molecule has 1 aliphatic rings. The van der Waals surface area contributed by atoms with Crippen molar-refractivity contribution in [1.29, 1.82) is 0 Å². The molecule has 1 fully saturated rings. The highest BCUT2D eigenvalue weighted by Crippen LogP contribution is 2.16. The van der Waals surface area contributed by atoms with Gasteiger partial charge in [0.1, 0.15) is 0 Å². The molecule has 1 saturated heterocycles. The van der Waals surface area contributed by atoms with Gasteiger partial charge in [-0.25, -0.2) is 0 Å². The maximum Gasteiger partial charge on any atom is 0.223 e. The molecule has 1 unspecified atom stereocenters. The summed E-state index contributed by atoms with van der Waals surface area (Å²) in [5.41, 5.74) is 0. The molecule has 0 bridgehead atoms. The van der Waals surface area contributed by atoms with Crippen LogP contribution in [-0.2, 0) is 4.79 Å². The number of amides is 1. The fourth-order valence-corrected chi connectivity index (χ4v) is 1.70. The Hall–Kier alpha value is -0.570. The molecule has 0 aromatic heterocycles. The fraction of sp³-hybridized carbons (Fsp3) is 0.909. The van der Waals surface area contributed by atoms with Crippen LogP contribution in [0.1, 0.15) is 33.6 Å². The molecule has 1 atom stereocenters. The first-order valence-electron chi connectivity index (χ1n) is 5.70. The number of hydrogen-bond donors (Lipinski definition) is 2. The lowest BCUT2D eigenvalue weighted by Crippen LogP contribution is -2.50. The van der Waals surface area contributed by atoms with Gasteiger partial charge in [-0.1, -0.05) is 20.8 Å². The van der Waals surface area contributed by atoms with Gasteiger partial charge in [0.25, 0.3) is 0 Å². The molecule has 14 heavy (non-hydrogen) atoms. The van der Waals surface area contributed by atoms with Crippen LogP contribution in [0.25, 0.3) is 0 Å². The van der Waals surface area contributed by atoms with Crippen LogP contribution in [0, 0.1) is 11.8 Å². The molecule has 3 heteroatoms. The van der Waals surface area contributed by atoms with Crippen molar-refractivity contribution in [2.75, 3.05) is 13.1 Å². The smallest absolute Gasteiger partial charge is 0.223 e. The molecule has 0 aliphatic carbocycles. The maximum absolute atomic E-state index is 11.8. The van der Waals surface area contributed by atoms with Crippen molar-refractivity contribution in [2.24, 2.45) is 11.8 Å². The van der Waals surface area contributed by atoms with Crippen LogP contribution in [0.5, 0.6) is 0 Å². The van der Waals surface area contributed by atoms with Gasteiger partial charge < -0.3 is 10.6 Å². The van der Waals surface area contributed by atoms with E-state index in [4.69, 9.17) is 0 Å². The summed E-state index contributed by atoms with van der Waals surface area (Å²) in [5, 5.41) is 6.30. The van der Waals surface area contributed by atoms with Crippen molar-refractivity contribution in [3.63, 3.8) is 0 Å². The second-order valence-corrected chi connectivity index (χ2v) is 4.23. The number of carbonyl (C=O) groups is 1. The van der Waals surface area contributed by atoms with Gasteiger partial charge in [0.2, 0.25) is 5.91 Å². The highest BCUT2D eigenvalue weighted by atomic mass is 16.1. The summed E-state index contributed by atoms with van der Waals surface area (Å²) >= 11 is 0. The van der Waals surface area contributed by atoms with E-state index in [1.54, 1.807) is 0 Å². The largest absolute Gasteiger partial charge is 0.353 e. The van der Waals surface area contributed by atoms with Gasteiger partial charge in [-0.15, -0.1) is 0 Å². The Morgan fingerprint density at radius 1 is 1.43 bits per heavy atom. The third kappa shape index (κ3) is 2.71. The molecule has 0 aromatic carbocycles. The SMILES string of the molecule is CCC(CC)NC(=O)C(C)C1CNC1. The predicted molar refractivity (Wildman–Crippen MR) is 58.0 cm³/mol. The minimum Gasteiger partial charge on any atom is -0.353 e. The van der Waals surface area contributed by atoms with Crippen LogP contribution in [0.4, 0.5) is 0 Å². The molecule has 82 valence electrons. The van der Waals surface area contributed by atoms with Crippen LogP contribution in [0.15, 0.2) is 0 Å². The molecule has 3 nitrogen and oxygen atoms in total. The average Bonchev–Trinajstić information content (AvgIpc) is 2.10. The van der Waals surface area contributed by atoms with E-state index in [9.17, 15) is 4.79 Å². The Kier molecular flexibility index (Phi) is 4.39. The molecular weight excluding hydrogens is 176 g/mol. The minimum absolute atomic E-state index is 0.164. The van der Waals surface area contributed by atoms with Crippen LogP contribution in [-0.4, -0.2) is 25.0 Å². The molecule has 1 amide bonds. The molecule has 1 heterocycles. The van der Waals surface area contributed by atoms with Crippen molar-refractivity contribution in [3.8, 4) is 0 Å². The van der Waals surface area contributed by atoms with Gasteiger partial charge in [0.05, 0.1) is 0 Å². The maximum atomic E-state index is 11.8. The van der Waals surface area contributed by atoms with Crippen LogP contribution in [0.3, 0.4) is 0 Å². The van der Waals surface area contributed by atoms with E-state index >= 15 is 0 Å². The molecule has 1 rings (SSSR count). The Morgan fingerprint density at radius 2 is 2.00 bits per heavy atom. The topological polar surface area (TPSA) is 41.1 Å². The lowest BCUT2D eigenvalue weighted by Gasteiger charge is -2.32. The Balaban J connectivity index is 2.32. The number of hydrogen-bond acceptors (Lipinski definition) is 2. The van der Waals surface area contributed by atoms with Crippen LogP contribution in [0.2, 0.25) is 0 Å². The molecule has 0 saturated carbocycles. The standard InChI is InChI=1S/C11H22N2O/c1-4-10(5-2)13-11(14)8(3)9-6-12-7-9/h8-10,12H,4-7H2,1-3H3,(H,13,14).